The Morgan fingerprint density at radius 1 is 1.06 bits per heavy atom. The van der Waals surface area contributed by atoms with Crippen LogP contribution in [0.1, 0.15) is 0 Å². The maximum atomic E-state index is 11.5. The third kappa shape index (κ3) is 2.83. The number of esters is 2. The van der Waals surface area contributed by atoms with E-state index in [1.807, 2.05) is 0 Å². The van der Waals surface area contributed by atoms with Gasteiger partial charge < -0.3 is 9.47 Å². The Hall–Kier alpha value is -0.400. The highest BCUT2D eigenvalue weighted by Crippen LogP contribution is 2.40. The van der Waals surface area contributed by atoms with Crippen molar-refractivity contribution in [2.45, 2.75) is 0 Å². The van der Waals surface area contributed by atoms with E-state index < -0.39 is 22.4 Å². The van der Waals surface area contributed by atoms with E-state index in [1.54, 1.807) is 10.8 Å². The summed E-state index contributed by atoms with van der Waals surface area (Å²) in [6, 6.07) is 0. The zero-order valence-corrected chi connectivity index (χ0v) is 12.4. The first-order chi connectivity index (χ1) is 7.51. The maximum absolute atomic E-state index is 11.5. The lowest BCUT2D eigenvalue weighted by Gasteiger charge is -2.05. The van der Waals surface area contributed by atoms with Crippen LogP contribution in [0.15, 0.2) is 19.8 Å². The molecule has 0 spiro atoms. The van der Waals surface area contributed by atoms with Crippen molar-refractivity contribution < 1.29 is 19.1 Å². The minimum absolute atomic E-state index is 0.0172. The summed E-state index contributed by atoms with van der Waals surface area (Å²) in [4.78, 5) is 22.9. The molecule has 7 heteroatoms. The van der Waals surface area contributed by atoms with Crippen molar-refractivity contribution in [1.29, 1.82) is 0 Å². The smallest absolute Gasteiger partial charge is 0.351 e. The molecule has 1 aliphatic heterocycles. The highest BCUT2D eigenvalue weighted by atomic mass is 79.9. The Morgan fingerprint density at radius 3 is 1.75 bits per heavy atom. The summed E-state index contributed by atoms with van der Waals surface area (Å²) < 4.78 is 10.7. The fourth-order valence-corrected chi connectivity index (χ4v) is 4.24. The SMILES string of the molecule is COC(=O)C(C(=O)OC)=S1C=C(Br)C(Br)=C1. The van der Waals surface area contributed by atoms with Crippen molar-refractivity contribution in [2.75, 3.05) is 14.2 Å². The molecule has 1 aliphatic rings. The molecule has 1 rings (SSSR count). The Bertz CT molecular complexity index is 399. The summed E-state index contributed by atoms with van der Waals surface area (Å²) in [6.45, 7) is 0. The number of hydrogen-bond donors (Lipinski definition) is 0. The van der Waals surface area contributed by atoms with E-state index in [2.05, 4.69) is 41.3 Å². The molecule has 0 saturated heterocycles. The summed E-state index contributed by atoms with van der Waals surface area (Å²) in [6.07, 6.45) is 0. The van der Waals surface area contributed by atoms with Crippen LogP contribution in [0, 0.1) is 0 Å². The minimum Gasteiger partial charge on any atom is -0.465 e. The minimum atomic E-state index is -0.735. The molecular weight excluding hydrogens is 364 g/mol. The Labute approximate surface area is 112 Å². The van der Waals surface area contributed by atoms with Crippen molar-refractivity contribution in [3.63, 3.8) is 0 Å². The quantitative estimate of drug-likeness (QED) is 0.424. The Balaban J connectivity index is 3.27. The Kier molecular flexibility index (Phi) is 4.94. The zero-order valence-electron chi connectivity index (χ0n) is 8.45. The van der Waals surface area contributed by atoms with Crippen LogP contribution in [0.5, 0.6) is 0 Å². The lowest BCUT2D eigenvalue weighted by Crippen LogP contribution is -2.26. The standard InChI is InChI=1S/C9H8Br2O4S/c1-14-8(12)7(9(13)15-2)16-3-5(10)6(11)4-16/h3-4H,1-2H3. The largest absolute Gasteiger partial charge is 0.465 e. The second-order valence-corrected chi connectivity index (χ2v) is 5.95. The molecule has 88 valence electrons. The van der Waals surface area contributed by atoms with Crippen LogP contribution in [0.3, 0.4) is 0 Å². The average molecular weight is 372 g/mol. The van der Waals surface area contributed by atoms with Gasteiger partial charge in [-0.25, -0.2) is 9.59 Å². The number of methoxy groups -OCH3 is 2. The molecule has 4 nitrogen and oxygen atoms in total. The van der Waals surface area contributed by atoms with Gasteiger partial charge >= 0.3 is 11.9 Å². The van der Waals surface area contributed by atoms with Gasteiger partial charge in [-0.3, -0.25) is 0 Å². The van der Waals surface area contributed by atoms with E-state index in [9.17, 15) is 9.59 Å². The monoisotopic (exact) mass is 370 g/mol. The van der Waals surface area contributed by atoms with Gasteiger partial charge in [-0.1, -0.05) is 0 Å². The molecule has 0 aliphatic carbocycles. The van der Waals surface area contributed by atoms with Crippen LogP contribution >= 0.6 is 42.3 Å². The highest BCUT2D eigenvalue weighted by Gasteiger charge is 2.25. The van der Waals surface area contributed by atoms with Gasteiger partial charge in [0.15, 0.2) is 4.86 Å². The van der Waals surface area contributed by atoms with Gasteiger partial charge in [0.25, 0.3) is 0 Å². The van der Waals surface area contributed by atoms with Crippen molar-refractivity contribution in [3.05, 3.63) is 19.8 Å². The molecule has 0 aromatic heterocycles. The first-order valence-electron chi connectivity index (χ1n) is 4.01. The van der Waals surface area contributed by atoms with Gasteiger partial charge in [-0.2, -0.15) is 0 Å². The van der Waals surface area contributed by atoms with Gasteiger partial charge in [-0.05, 0) is 42.7 Å². The lowest BCUT2D eigenvalue weighted by atomic mass is 10.4. The van der Waals surface area contributed by atoms with Crippen molar-refractivity contribution in [2.24, 2.45) is 0 Å². The number of allylic oxidation sites excluding steroid dienone is 2. The number of carbonyl (C=O) groups is 2. The number of halogens is 2. The van der Waals surface area contributed by atoms with Gasteiger partial charge in [0.1, 0.15) is 0 Å². The van der Waals surface area contributed by atoms with Gasteiger partial charge in [0, 0.05) is 8.96 Å². The van der Waals surface area contributed by atoms with E-state index >= 15 is 0 Å². The lowest BCUT2D eigenvalue weighted by molar-refractivity contribution is -0.137. The van der Waals surface area contributed by atoms with Crippen LogP contribution in [0.4, 0.5) is 0 Å². The summed E-state index contributed by atoms with van der Waals surface area (Å²) >= 11 is 6.58. The molecule has 0 aromatic rings. The second kappa shape index (κ2) is 5.79. The summed E-state index contributed by atoms with van der Waals surface area (Å²) in [5, 5.41) is 3.49. The molecule has 0 amide bonds. The molecule has 0 atom stereocenters. The Morgan fingerprint density at radius 2 is 1.44 bits per heavy atom. The zero-order chi connectivity index (χ0) is 12.3. The van der Waals surface area contributed by atoms with E-state index in [-0.39, 0.29) is 4.86 Å². The van der Waals surface area contributed by atoms with Gasteiger partial charge in [0.2, 0.25) is 0 Å². The summed E-state index contributed by atoms with van der Waals surface area (Å²) in [5.41, 5.74) is 0. The van der Waals surface area contributed by atoms with Crippen molar-refractivity contribution in [1.82, 2.24) is 0 Å². The topological polar surface area (TPSA) is 52.6 Å². The molecule has 0 unspecified atom stereocenters. The van der Waals surface area contributed by atoms with E-state index in [4.69, 9.17) is 0 Å². The van der Waals surface area contributed by atoms with Crippen molar-refractivity contribution >= 4 is 59.1 Å². The summed E-state index contributed by atoms with van der Waals surface area (Å²) in [7, 11) is 1.71. The summed E-state index contributed by atoms with van der Waals surface area (Å²) in [5.74, 6) is -1.35. The number of rotatable bonds is 2. The van der Waals surface area contributed by atoms with Crippen LogP contribution in [0.25, 0.3) is 0 Å². The molecule has 0 saturated carbocycles. The molecule has 0 fully saturated rings. The number of ether oxygens (including phenoxy) is 2. The molecular formula is C9H8Br2O4S. The highest BCUT2D eigenvalue weighted by molar-refractivity contribution is 9.15. The molecule has 0 bridgehead atoms. The molecule has 0 N–H and O–H groups in total. The fraction of sp³-hybridized carbons (Fsp3) is 0.222. The van der Waals surface area contributed by atoms with Crippen LogP contribution < -0.4 is 0 Å². The van der Waals surface area contributed by atoms with Crippen LogP contribution in [-0.2, 0) is 19.1 Å². The maximum Gasteiger partial charge on any atom is 0.351 e. The van der Waals surface area contributed by atoms with Gasteiger partial charge in [0.05, 0.1) is 14.2 Å². The predicted octanol–water partition coefficient (Wildman–Crippen LogP) is 2.26. The third-order valence-electron chi connectivity index (χ3n) is 1.67. The van der Waals surface area contributed by atoms with E-state index in [0.717, 1.165) is 8.96 Å². The van der Waals surface area contributed by atoms with E-state index in [1.165, 1.54) is 14.2 Å². The van der Waals surface area contributed by atoms with Crippen molar-refractivity contribution in [3.8, 4) is 0 Å². The predicted molar refractivity (Wildman–Crippen MR) is 70.7 cm³/mol. The first-order valence-corrected chi connectivity index (χ1v) is 6.95. The first kappa shape index (κ1) is 13.7. The fourth-order valence-electron chi connectivity index (χ4n) is 0.949. The normalized spacial score (nSPS) is 15.2. The second-order valence-electron chi connectivity index (χ2n) is 2.62. The number of hydrogen-bond acceptors (Lipinski definition) is 4. The van der Waals surface area contributed by atoms with E-state index in [0.29, 0.717) is 0 Å². The average Bonchev–Trinajstić information content (AvgIpc) is 2.58. The van der Waals surface area contributed by atoms with Gasteiger partial charge in [-0.15, -0.1) is 10.5 Å². The van der Waals surface area contributed by atoms with Crippen LogP contribution in [-0.4, -0.2) is 31.0 Å². The molecule has 0 radical (unpaired) electrons. The number of carbonyl (C=O) groups excluding carboxylic acids is 2. The molecule has 1 heterocycles. The third-order valence-corrected chi connectivity index (χ3v) is 5.90. The van der Waals surface area contributed by atoms with Crippen LogP contribution in [0.2, 0.25) is 0 Å². The molecule has 0 aromatic carbocycles. The molecule has 16 heavy (non-hydrogen) atoms.